The molecule has 8 nitrogen and oxygen atoms in total. The zero-order valence-electron chi connectivity index (χ0n) is 22.5. The lowest BCUT2D eigenvalue weighted by Crippen LogP contribution is -2.28. The lowest BCUT2D eigenvalue weighted by molar-refractivity contribution is 0.0952. The Balaban J connectivity index is 1.72. The molecule has 38 heavy (non-hydrogen) atoms. The number of H-pyrrole nitrogens is 1. The number of carbonyl (C=O) groups excluding carboxylic acids is 1. The number of fused-ring (bicyclic) bond motifs is 1. The maximum Gasteiger partial charge on any atom is 0.253 e. The minimum atomic E-state index is -0.272. The van der Waals surface area contributed by atoms with Gasteiger partial charge in [-0.25, -0.2) is 0 Å². The molecular formula is C30H34N6O2. The number of allylic oxidation sites excluding steroid dienone is 1. The molecule has 3 aromatic heterocycles. The van der Waals surface area contributed by atoms with Gasteiger partial charge in [-0.1, -0.05) is 6.07 Å². The van der Waals surface area contributed by atoms with Crippen molar-refractivity contribution in [2.75, 3.05) is 0 Å². The lowest BCUT2D eigenvalue weighted by Gasteiger charge is -2.14. The fraction of sp³-hybridized carbons (Fsp3) is 0.267. The molecule has 4 rings (SSSR count). The Bertz CT molecular complexity index is 1580. The summed E-state index contributed by atoms with van der Waals surface area (Å²) in [5.41, 5.74) is 6.63. The molecule has 0 spiro atoms. The molecule has 0 aliphatic rings. The average molecular weight is 511 g/mol. The monoisotopic (exact) mass is 510 g/mol. The van der Waals surface area contributed by atoms with Crippen molar-refractivity contribution >= 4 is 28.6 Å². The highest BCUT2D eigenvalue weighted by Crippen LogP contribution is 2.31. The van der Waals surface area contributed by atoms with E-state index < -0.39 is 0 Å². The molecular weight excluding hydrogens is 476 g/mol. The number of carbonyl (C=O) groups is 1. The minimum absolute atomic E-state index is 0.120. The average Bonchev–Trinajstić information content (AvgIpc) is 3.22. The fourth-order valence-corrected chi connectivity index (χ4v) is 4.70. The summed E-state index contributed by atoms with van der Waals surface area (Å²) in [7, 11) is 0. The smallest absolute Gasteiger partial charge is 0.253 e. The summed E-state index contributed by atoms with van der Waals surface area (Å²) in [5.74, 6) is -0.272. The predicted octanol–water partition coefficient (Wildman–Crippen LogP) is 4.94. The fourth-order valence-electron chi connectivity index (χ4n) is 4.70. The number of aryl methyl sites for hydroxylation is 3. The van der Waals surface area contributed by atoms with Gasteiger partial charge in [0, 0.05) is 70.7 Å². The molecule has 0 fully saturated rings. The number of hydrogen-bond donors (Lipinski definition) is 4. The van der Waals surface area contributed by atoms with E-state index >= 15 is 0 Å². The summed E-state index contributed by atoms with van der Waals surface area (Å²) in [4.78, 5) is 33.2. The van der Waals surface area contributed by atoms with E-state index in [1.54, 1.807) is 12.4 Å². The molecule has 0 atom stereocenters. The Morgan fingerprint density at radius 1 is 1.13 bits per heavy atom. The topological polar surface area (TPSA) is 116 Å². The van der Waals surface area contributed by atoms with Crippen molar-refractivity contribution in [3.63, 3.8) is 0 Å². The van der Waals surface area contributed by atoms with Gasteiger partial charge in [0.05, 0.1) is 12.2 Å². The standard InChI is InChI=1S/C30H34N6O2/c1-18(2)36-17-20(4)28-25(29(37)34-16-26-19(3)10-21(5)35-30(26)38)11-22(12-27(28)36)23(13-31)14-32-15-24-8-6-7-9-33-24/h6-14,17-18,31-32H,15-16H2,1-5H3,(H,34,37)(H,35,38)/b23-14+,31-13?. The second-order valence-electron chi connectivity index (χ2n) is 9.80. The van der Waals surface area contributed by atoms with Crippen LogP contribution in [0.4, 0.5) is 0 Å². The van der Waals surface area contributed by atoms with Gasteiger partial charge in [0.25, 0.3) is 11.5 Å². The molecule has 8 heteroatoms. The van der Waals surface area contributed by atoms with Crippen LogP contribution in [-0.4, -0.2) is 26.7 Å². The van der Waals surface area contributed by atoms with E-state index in [9.17, 15) is 9.59 Å². The summed E-state index contributed by atoms with van der Waals surface area (Å²) in [6, 6.07) is 11.6. The Morgan fingerprint density at radius 3 is 2.58 bits per heavy atom. The first kappa shape index (κ1) is 26.6. The van der Waals surface area contributed by atoms with E-state index in [0.29, 0.717) is 23.2 Å². The first-order chi connectivity index (χ1) is 18.2. The van der Waals surface area contributed by atoms with Crippen molar-refractivity contribution in [1.29, 1.82) is 5.41 Å². The third-order valence-electron chi connectivity index (χ3n) is 6.60. The van der Waals surface area contributed by atoms with Gasteiger partial charge in [0.15, 0.2) is 0 Å². The van der Waals surface area contributed by atoms with E-state index in [0.717, 1.165) is 39.0 Å². The van der Waals surface area contributed by atoms with E-state index in [2.05, 4.69) is 45.2 Å². The zero-order chi connectivity index (χ0) is 27.4. The maximum absolute atomic E-state index is 13.6. The van der Waals surface area contributed by atoms with Crippen molar-refractivity contribution in [2.24, 2.45) is 0 Å². The zero-order valence-corrected chi connectivity index (χ0v) is 22.5. The number of aromatic nitrogens is 3. The molecule has 0 saturated heterocycles. The Labute approximate surface area is 222 Å². The second-order valence-corrected chi connectivity index (χ2v) is 9.80. The lowest BCUT2D eigenvalue weighted by atomic mass is 9.98. The quantitative estimate of drug-likeness (QED) is 0.239. The van der Waals surface area contributed by atoms with Gasteiger partial charge < -0.3 is 25.6 Å². The summed E-state index contributed by atoms with van der Waals surface area (Å²) in [6.07, 6.45) is 6.84. The highest BCUT2D eigenvalue weighted by molar-refractivity contribution is 6.13. The molecule has 4 N–H and O–H groups in total. The van der Waals surface area contributed by atoms with Crippen LogP contribution in [0, 0.1) is 26.2 Å². The van der Waals surface area contributed by atoms with E-state index in [1.807, 2.05) is 57.2 Å². The van der Waals surface area contributed by atoms with Gasteiger partial charge in [-0.2, -0.15) is 0 Å². The van der Waals surface area contributed by atoms with E-state index in [1.165, 1.54) is 6.21 Å². The molecule has 3 heterocycles. The first-order valence-corrected chi connectivity index (χ1v) is 12.7. The van der Waals surface area contributed by atoms with Crippen LogP contribution in [-0.2, 0) is 13.1 Å². The molecule has 0 saturated carbocycles. The summed E-state index contributed by atoms with van der Waals surface area (Å²) < 4.78 is 2.14. The van der Waals surface area contributed by atoms with Crippen LogP contribution < -0.4 is 16.2 Å². The third-order valence-corrected chi connectivity index (χ3v) is 6.60. The molecule has 1 aromatic carbocycles. The van der Waals surface area contributed by atoms with Gasteiger partial charge >= 0.3 is 0 Å². The number of hydrogen-bond acceptors (Lipinski definition) is 5. The molecule has 0 radical (unpaired) electrons. The summed E-state index contributed by atoms with van der Waals surface area (Å²) >= 11 is 0. The van der Waals surface area contributed by atoms with Crippen molar-refractivity contribution in [1.82, 2.24) is 25.2 Å². The number of nitrogens with zero attached hydrogens (tertiary/aromatic N) is 2. The molecule has 196 valence electrons. The second kappa shape index (κ2) is 11.3. The van der Waals surface area contributed by atoms with E-state index in [4.69, 9.17) is 5.41 Å². The molecule has 0 bridgehead atoms. The van der Waals surface area contributed by atoms with Gasteiger partial charge in [-0.3, -0.25) is 14.6 Å². The molecule has 0 unspecified atom stereocenters. The van der Waals surface area contributed by atoms with Gasteiger partial charge in [0.1, 0.15) is 0 Å². The number of aromatic amines is 1. The van der Waals surface area contributed by atoms with Crippen molar-refractivity contribution in [3.05, 3.63) is 105 Å². The normalized spacial score (nSPS) is 11.7. The SMILES string of the molecule is Cc1cc(C)c(CNC(=O)c2cc(/C(C=N)=C/NCc3ccccn3)cc3c2c(C)cn3C(C)C)c(=O)[nH]1. The van der Waals surface area contributed by atoms with Crippen molar-refractivity contribution in [3.8, 4) is 0 Å². The van der Waals surface area contributed by atoms with Crippen LogP contribution in [0.2, 0.25) is 0 Å². The maximum atomic E-state index is 13.6. The molecule has 4 aromatic rings. The number of rotatable bonds is 9. The molecule has 0 aliphatic carbocycles. The molecule has 1 amide bonds. The van der Waals surface area contributed by atoms with Gasteiger partial charge in [0.2, 0.25) is 0 Å². The van der Waals surface area contributed by atoms with Crippen LogP contribution in [0.5, 0.6) is 0 Å². The van der Waals surface area contributed by atoms with Crippen LogP contribution in [0.15, 0.2) is 59.8 Å². The van der Waals surface area contributed by atoms with Crippen LogP contribution in [0.1, 0.15) is 63.9 Å². The number of nitrogens with one attached hydrogen (secondary N) is 4. The third kappa shape index (κ3) is 5.59. The van der Waals surface area contributed by atoms with E-state index in [-0.39, 0.29) is 24.1 Å². The van der Waals surface area contributed by atoms with Crippen LogP contribution >= 0.6 is 0 Å². The Kier molecular flexibility index (Phi) is 7.90. The highest BCUT2D eigenvalue weighted by Gasteiger charge is 2.19. The van der Waals surface area contributed by atoms with Gasteiger partial charge in [-0.15, -0.1) is 0 Å². The van der Waals surface area contributed by atoms with Crippen molar-refractivity contribution < 1.29 is 4.79 Å². The van der Waals surface area contributed by atoms with Crippen molar-refractivity contribution in [2.45, 2.75) is 53.8 Å². The number of benzene rings is 1. The van der Waals surface area contributed by atoms with Crippen LogP contribution in [0.25, 0.3) is 16.5 Å². The molecule has 0 aliphatic heterocycles. The predicted molar refractivity (Wildman–Crippen MR) is 153 cm³/mol. The summed E-state index contributed by atoms with van der Waals surface area (Å²) in [5, 5.41) is 15.1. The summed E-state index contributed by atoms with van der Waals surface area (Å²) in [6.45, 7) is 10.5. The largest absolute Gasteiger partial charge is 0.385 e. The van der Waals surface area contributed by atoms with Gasteiger partial charge in [-0.05, 0) is 81.6 Å². The number of amides is 1. The van der Waals surface area contributed by atoms with Crippen LogP contribution in [0.3, 0.4) is 0 Å². The Morgan fingerprint density at radius 2 is 1.92 bits per heavy atom. The number of pyridine rings is 2. The Hall–Kier alpha value is -4.46. The minimum Gasteiger partial charge on any atom is -0.385 e. The first-order valence-electron chi connectivity index (χ1n) is 12.7. The highest BCUT2D eigenvalue weighted by atomic mass is 16.1.